The molecule has 0 aliphatic heterocycles. The van der Waals surface area contributed by atoms with Crippen molar-refractivity contribution >= 4 is 21.9 Å². The Morgan fingerprint density at radius 2 is 1.79 bits per heavy atom. The molecule has 0 atom stereocenters. The Kier molecular flexibility index (Phi) is 4.70. The molecular formula is C21H25N3. The summed E-state index contributed by atoms with van der Waals surface area (Å²) in [5.41, 5.74) is 6.34. The zero-order chi connectivity index (χ0) is 17.1. The van der Waals surface area contributed by atoms with Gasteiger partial charge in [0.1, 0.15) is 5.65 Å². The van der Waals surface area contributed by atoms with E-state index in [0.29, 0.717) is 5.92 Å². The minimum absolute atomic E-state index is 0.594. The molecule has 4 rings (SSSR count). The third kappa shape index (κ3) is 3.07. The largest absolute Gasteiger partial charge is 0.358 e. The average molecular weight is 319 g/mol. The molecule has 3 heterocycles. The third-order valence-electron chi connectivity index (χ3n) is 4.44. The second-order valence-electron chi connectivity index (χ2n) is 6.43. The molecule has 0 saturated heterocycles. The molecule has 3 aromatic heterocycles. The molecule has 3 nitrogen and oxygen atoms in total. The van der Waals surface area contributed by atoms with Crippen LogP contribution in [0.15, 0.2) is 48.8 Å². The number of benzene rings is 1. The minimum atomic E-state index is 0.594. The summed E-state index contributed by atoms with van der Waals surface area (Å²) < 4.78 is 0. The lowest BCUT2D eigenvalue weighted by Gasteiger charge is -2.04. The molecule has 124 valence electrons. The van der Waals surface area contributed by atoms with Gasteiger partial charge in [-0.05, 0) is 48.6 Å². The van der Waals surface area contributed by atoms with Gasteiger partial charge in [0.2, 0.25) is 0 Å². The van der Waals surface area contributed by atoms with Gasteiger partial charge >= 0.3 is 0 Å². The highest BCUT2D eigenvalue weighted by Gasteiger charge is 2.10. The number of H-pyrrole nitrogens is 2. The third-order valence-corrected chi connectivity index (χ3v) is 4.44. The molecule has 0 saturated carbocycles. The van der Waals surface area contributed by atoms with Crippen molar-refractivity contribution < 1.29 is 0 Å². The van der Waals surface area contributed by atoms with Crippen LogP contribution < -0.4 is 0 Å². The van der Waals surface area contributed by atoms with Gasteiger partial charge in [-0.25, -0.2) is 4.98 Å². The van der Waals surface area contributed by atoms with E-state index in [2.05, 4.69) is 73.0 Å². The predicted octanol–water partition coefficient (Wildman–Crippen LogP) is 5.73. The van der Waals surface area contributed by atoms with Crippen LogP contribution in [0.1, 0.15) is 43.5 Å². The van der Waals surface area contributed by atoms with E-state index in [4.69, 9.17) is 0 Å². The molecule has 0 unspecified atom stereocenters. The van der Waals surface area contributed by atoms with E-state index in [-0.39, 0.29) is 0 Å². The number of para-hydroxylation sites is 1. The topological polar surface area (TPSA) is 44.5 Å². The van der Waals surface area contributed by atoms with Gasteiger partial charge in [0.05, 0.1) is 0 Å². The molecule has 24 heavy (non-hydrogen) atoms. The van der Waals surface area contributed by atoms with Crippen molar-refractivity contribution in [3.63, 3.8) is 0 Å². The SMILES string of the molecule is CCc1c[nH]c2ncccc12.Cc1[nH]c2ccccc2c1C(C)C. The molecule has 0 bridgehead atoms. The standard InChI is InChI=1S/C12H15N.C9H10N2/c1-8(2)12-9(3)13-11-7-5-4-6-10(11)12;1-2-7-6-11-9-8(7)4-3-5-10-9/h4-8,13H,1-3H3;3-6H,2H2,1H3,(H,10,11). The van der Waals surface area contributed by atoms with E-state index in [9.17, 15) is 0 Å². The highest BCUT2D eigenvalue weighted by Crippen LogP contribution is 2.28. The van der Waals surface area contributed by atoms with Crippen LogP contribution in [0.2, 0.25) is 0 Å². The number of pyridine rings is 1. The lowest BCUT2D eigenvalue weighted by molar-refractivity contribution is 0.864. The van der Waals surface area contributed by atoms with Crippen molar-refractivity contribution in [1.82, 2.24) is 15.0 Å². The van der Waals surface area contributed by atoms with Gasteiger partial charge in [0, 0.05) is 34.4 Å². The number of aromatic amines is 2. The molecule has 0 aliphatic rings. The molecular weight excluding hydrogens is 294 g/mol. The van der Waals surface area contributed by atoms with Crippen LogP contribution >= 0.6 is 0 Å². The van der Waals surface area contributed by atoms with Crippen molar-refractivity contribution in [2.75, 3.05) is 0 Å². The van der Waals surface area contributed by atoms with E-state index in [1.54, 1.807) is 6.20 Å². The number of hydrogen-bond donors (Lipinski definition) is 2. The number of aromatic nitrogens is 3. The van der Waals surface area contributed by atoms with E-state index in [1.165, 1.54) is 33.1 Å². The fraction of sp³-hybridized carbons (Fsp3) is 0.286. The summed E-state index contributed by atoms with van der Waals surface area (Å²) in [4.78, 5) is 10.7. The summed E-state index contributed by atoms with van der Waals surface area (Å²) in [6, 6.07) is 12.6. The Morgan fingerprint density at radius 3 is 2.54 bits per heavy atom. The van der Waals surface area contributed by atoms with E-state index >= 15 is 0 Å². The van der Waals surface area contributed by atoms with Gasteiger partial charge in [0.25, 0.3) is 0 Å². The van der Waals surface area contributed by atoms with E-state index in [1.807, 2.05) is 12.3 Å². The molecule has 4 aromatic rings. The zero-order valence-electron chi connectivity index (χ0n) is 14.9. The maximum Gasteiger partial charge on any atom is 0.137 e. The van der Waals surface area contributed by atoms with Gasteiger partial charge in [-0.2, -0.15) is 0 Å². The second kappa shape index (κ2) is 6.91. The summed E-state index contributed by atoms with van der Waals surface area (Å²) in [5.74, 6) is 0.594. The Hall–Kier alpha value is -2.55. The second-order valence-corrected chi connectivity index (χ2v) is 6.43. The van der Waals surface area contributed by atoms with Crippen LogP contribution in [0.4, 0.5) is 0 Å². The lowest BCUT2D eigenvalue weighted by atomic mass is 10.00. The summed E-state index contributed by atoms with van der Waals surface area (Å²) >= 11 is 0. The quantitative estimate of drug-likeness (QED) is 0.487. The summed E-state index contributed by atoms with van der Waals surface area (Å²) in [5, 5.41) is 2.62. The smallest absolute Gasteiger partial charge is 0.137 e. The number of aryl methyl sites for hydroxylation is 2. The average Bonchev–Trinajstić information content (AvgIpc) is 3.14. The predicted molar refractivity (Wildman–Crippen MR) is 103 cm³/mol. The molecule has 1 aromatic carbocycles. The Balaban J connectivity index is 0.000000143. The number of fused-ring (bicyclic) bond motifs is 2. The number of rotatable bonds is 2. The van der Waals surface area contributed by atoms with E-state index in [0.717, 1.165) is 12.1 Å². The first-order valence-electron chi connectivity index (χ1n) is 8.60. The summed E-state index contributed by atoms with van der Waals surface area (Å²) in [6.07, 6.45) is 4.89. The molecule has 0 amide bonds. The molecule has 0 spiro atoms. The molecule has 0 fully saturated rings. The lowest BCUT2D eigenvalue weighted by Crippen LogP contribution is -1.87. The molecule has 2 N–H and O–H groups in total. The van der Waals surface area contributed by atoms with Gasteiger partial charge in [-0.15, -0.1) is 0 Å². The Morgan fingerprint density at radius 1 is 1.04 bits per heavy atom. The van der Waals surface area contributed by atoms with Crippen LogP contribution in [0.5, 0.6) is 0 Å². The monoisotopic (exact) mass is 319 g/mol. The fourth-order valence-electron chi connectivity index (χ4n) is 3.35. The van der Waals surface area contributed by atoms with Gasteiger partial charge < -0.3 is 9.97 Å². The van der Waals surface area contributed by atoms with Gasteiger partial charge in [0.15, 0.2) is 0 Å². The van der Waals surface area contributed by atoms with Crippen molar-refractivity contribution in [1.29, 1.82) is 0 Å². The van der Waals surface area contributed by atoms with Crippen molar-refractivity contribution in [2.45, 2.75) is 40.0 Å². The first-order chi connectivity index (χ1) is 11.6. The molecule has 0 aliphatic carbocycles. The normalized spacial score (nSPS) is 11.0. The van der Waals surface area contributed by atoms with Crippen LogP contribution in [-0.2, 0) is 6.42 Å². The van der Waals surface area contributed by atoms with Crippen LogP contribution in [0.3, 0.4) is 0 Å². The first-order valence-corrected chi connectivity index (χ1v) is 8.60. The summed E-state index contributed by atoms with van der Waals surface area (Å²) in [6.45, 7) is 8.77. The Bertz CT molecular complexity index is 944. The van der Waals surface area contributed by atoms with Crippen molar-refractivity contribution in [2.24, 2.45) is 0 Å². The number of nitrogens with one attached hydrogen (secondary N) is 2. The first kappa shape index (κ1) is 16.3. The van der Waals surface area contributed by atoms with Crippen LogP contribution in [0.25, 0.3) is 21.9 Å². The zero-order valence-corrected chi connectivity index (χ0v) is 14.9. The maximum atomic E-state index is 4.19. The molecule has 0 radical (unpaired) electrons. The highest BCUT2D eigenvalue weighted by atomic mass is 14.8. The minimum Gasteiger partial charge on any atom is -0.358 e. The van der Waals surface area contributed by atoms with Crippen LogP contribution in [-0.4, -0.2) is 15.0 Å². The highest BCUT2D eigenvalue weighted by molar-refractivity contribution is 5.85. The Labute approximate surface area is 143 Å². The van der Waals surface area contributed by atoms with Crippen molar-refractivity contribution in [3.05, 3.63) is 65.6 Å². The van der Waals surface area contributed by atoms with Gasteiger partial charge in [-0.1, -0.05) is 39.0 Å². The number of hydrogen-bond acceptors (Lipinski definition) is 1. The van der Waals surface area contributed by atoms with Crippen molar-refractivity contribution in [3.8, 4) is 0 Å². The van der Waals surface area contributed by atoms with Gasteiger partial charge in [-0.3, -0.25) is 0 Å². The van der Waals surface area contributed by atoms with Crippen LogP contribution in [0, 0.1) is 6.92 Å². The fourth-order valence-corrected chi connectivity index (χ4v) is 3.35. The maximum absolute atomic E-state index is 4.19. The number of nitrogens with zero attached hydrogens (tertiary/aromatic N) is 1. The summed E-state index contributed by atoms with van der Waals surface area (Å²) in [7, 11) is 0. The van der Waals surface area contributed by atoms with E-state index < -0.39 is 0 Å². The molecule has 3 heteroatoms.